The number of fused-ring (bicyclic) bond motifs is 1. The first-order valence-electron chi connectivity index (χ1n) is 7.17. The summed E-state index contributed by atoms with van der Waals surface area (Å²) in [5.74, 6) is 0. The summed E-state index contributed by atoms with van der Waals surface area (Å²) in [7, 11) is 0. The maximum absolute atomic E-state index is 3.72. The molecule has 1 aromatic heterocycles. The van der Waals surface area contributed by atoms with Gasteiger partial charge in [-0.3, -0.25) is 0 Å². The van der Waals surface area contributed by atoms with Crippen molar-refractivity contribution in [2.45, 2.75) is 43.5 Å². The van der Waals surface area contributed by atoms with Crippen LogP contribution in [0.2, 0.25) is 0 Å². The molecule has 102 valence electrons. The molecule has 3 rings (SSSR count). The Labute approximate surface area is 119 Å². The highest BCUT2D eigenvalue weighted by atomic mass is 32.2. The summed E-state index contributed by atoms with van der Waals surface area (Å²) in [5, 5.41) is 5.91. The first kappa shape index (κ1) is 13.1. The Kier molecular flexibility index (Phi) is 4.14. The Morgan fingerprint density at radius 2 is 2.05 bits per heavy atom. The first-order valence-corrected chi connectivity index (χ1v) is 8.46. The number of aromatic amines is 1. The zero-order chi connectivity index (χ0) is 13.1. The summed E-state index contributed by atoms with van der Waals surface area (Å²) in [5.41, 5.74) is 2.62. The van der Waals surface area contributed by atoms with Crippen LogP contribution in [0.1, 0.15) is 31.2 Å². The van der Waals surface area contributed by atoms with Crippen LogP contribution in [0.5, 0.6) is 0 Å². The van der Waals surface area contributed by atoms with Crippen LogP contribution in [0.3, 0.4) is 0 Å². The third-order valence-electron chi connectivity index (χ3n) is 4.22. The Morgan fingerprint density at radius 3 is 2.84 bits per heavy atom. The number of rotatable bonds is 4. The molecular weight excluding hydrogens is 252 g/mol. The van der Waals surface area contributed by atoms with Crippen molar-refractivity contribution in [2.75, 3.05) is 6.26 Å². The van der Waals surface area contributed by atoms with E-state index in [1.807, 2.05) is 18.0 Å². The molecule has 1 aliphatic carbocycles. The second kappa shape index (κ2) is 6.02. The van der Waals surface area contributed by atoms with Gasteiger partial charge in [-0.1, -0.05) is 12.1 Å². The minimum atomic E-state index is 0.711. The quantitative estimate of drug-likeness (QED) is 0.884. The van der Waals surface area contributed by atoms with E-state index < -0.39 is 0 Å². The second-order valence-electron chi connectivity index (χ2n) is 5.49. The molecule has 3 heteroatoms. The molecule has 19 heavy (non-hydrogen) atoms. The van der Waals surface area contributed by atoms with Gasteiger partial charge in [-0.15, -0.1) is 0 Å². The predicted molar refractivity (Wildman–Crippen MR) is 84.7 cm³/mol. The summed E-state index contributed by atoms with van der Waals surface area (Å²) >= 11 is 2.03. The van der Waals surface area contributed by atoms with E-state index in [1.165, 1.54) is 42.1 Å². The van der Waals surface area contributed by atoms with Crippen molar-refractivity contribution < 1.29 is 0 Å². The highest BCUT2D eigenvalue weighted by molar-refractivity contribution is 7.99. The highest BCUT2D eigenvalue weighted by Gasteiger charge is 2.19. The Bertz CT molecular complexity index is 526. The summed E-state index contributed by atoms with van der Waals surface area (Å²) < 4.78 is 0. The molecule has 0 radical (unpaired) electrons. The zero-order valence-corrected chi connectivity index (χ0v) is 12.3. The number of nitrogens with one attached hydrogen (secondary N) is 2. The third-order valence-corrected chi connectivity index (χ3v) is 5.36. The highest BCUT2D eigenvalue weighted by Crippen LogP contribution is 2.27. The zero-order valence-electron chi connectivity index (χ0n) is 11.5. The van der Waals surface area contributed by atoms with Gasteiger partial charge in [0.1, 0.15) is 0 Å². The van der Waals surface area contributed by atoms with E-state index in [0.717, 1.165) is 11.8 Å². The normalized spacial score (nSPS) is 23.8. The van der Waals surface area contributed by atoms with Gasteiger partial charge < -0.3 is 10.3 Å². The topological polar surface area (TPSA) is 27.8 Å². The Hall–Kier alpha value is -0.930. The Morgan fingerprint density at radius 1 is 1.21 bits per heavy atom. The molecule has 1 aliphatic rings. The molecule has 0 saturated heterocycles. The smallest absolute Gasteiger partial charge is 0.0457 e. The lowest BCUT2D eigenvalue weighted by atomic mass is 9.95. The lowest BCUT2D eigenvalue weighted by Crippen LogP contribution is -2.33. The molecule has 0 spiro atoms. The summed E-state index contributed by atoms with van der Waals surface area (Å²) in [6.07, 6.45) is 9.64. The van der Waals surface area contributed by atoms with Crippen molar-refractivity contribution in [3.05, 3.63) is 36.0 Å². The standard InChI is InChI=1S/C16H22N2S/c1-19-15-6-4-14(5-7-15)18-11-12-2-3-13-8-9-17-16(13)10-12/h2-3,8-10,14-15,17-18H,4-7,11H2,1H3. The molecule has 0 bridgehead atoms. The monoisotopic (exact) mass is 274 g/mol. The van der Waals surface area contributed by atoms with Gasteiger partial charge >= 0.3 is 0 Å². The third kappa shape index (κ3) is 3.15. The number of benzene rings is 1. The van der Waals surface area contributed by atoms with E-state index in [2.05, 4.69) is 40.8 Å². The van der Waals surface area contributed by atoms with Crippen molar-refractivity contribution in [3.8, 4) is 0 Å². The van der Waals surface area contributed by atoms with Gasteiger partial charge in [0.15, 0.2) is 0 Å². The maximum Gasteiger partial charge on any atom is 0.0457 e. The van der Waals surface area contributed by atoms with Crippen molar-refractivity contribution in [1.29, 1.82) is 0 Å². The van der Waals surface area contributed by atoms with Gasteiger partial charge in [0.25, 0.3) is 0 Å². The average Bonchev–Trinajstić information content (AvgIpc) is 2.93. The molecule has 2 N–H and O–H groups in total. The van der Waals surface area contributed by atoms with Crippen molar-refractivity contribution >= 4 is 22.7 Å². The molecular formula is C16H22N2S. The van der Waals surface area contributed by atoms with E-state index >= 15 is 0 Å². The average molecular weight is 274 g/mol. The fourth-order valence-electron chi connectivity index (χ4n) is 2.97. The van der Waals surface area contributed by atoms with Crippen LogP contribution in [0.15, 0.2) is 30.5 Å². The van der Waals surface area contributed by atoms with Crippen LogP contribution in [-0.4, -0.2) is 22.5 Å². The Balaban J connectivity index is 1.54. The van der Waals surface area contributed by atoms with Gasteiger partial charge in [-0.25, -0.2) is 0 Å². The van der Waals surface area contributed by atoms with E-state index in [4.69, 9.17) is 0 Å². The number of thioether (sulfide) groups is 1. The van der Waals surface area contributed by atoms with Gasteiger partial charge in [0, 0.05) is 29.6 Å². The molecule has 1 fully saturated rings. The molecule has 0 atom stereocenters. The minimum Gasteiger partial charge on any atom is -0.361 e. The van der Waals surface area contributed by atoms with Gasteiger partial charge in [-0.05, 0) is 55.0 Å². The van der Waals surface area contributed by atoms with E-state index in [-0.39, 0.29) is 0 Å². The number of hydrogen-bond acceptors (Lipinski definition) is 2. The molecule has 0 amide bonds. The second-order valence-corrected chi connectivity index (χ2v) is 6.63. The van der Waals surface area contributed by atoms with E-state index in [1.54, 1.807) is 0 Å². The van der Waals surface area contributed by atoms with E-state index in [9.17, 15) is 0 Å². The van der Waals surface area contributed by atoms with Crippen molar-refractivity contribution in [3.63, 3.8) is 0 Å². The molecule has 1 aromatic carbocycles. The molecule has 0 aliphatic heterocycles. The minimum absolute atomic E-state index is 0.711. The van der Waals surface area contributed by atoms with Crippen LogP contribution in [0.4, 0.5) is 0 Å². The molecule has 2 nitrogen and oxygen atoms in total. The fourth-order valence-corrected chi connectivity index (χ4v) is 3.71. The van der Waals surface area contributed by atoms with Crippen LogP contribution in [0.25, 0.3) is 10.9 Å². The maximum atomic E-state index is 3.72. The number of aromatic nitrogens is 1. The SMILES string of the molecule is CSC1CCC(NCc2ccc3cc[nH]c3c2)CC1. The molecule has 0 unspecified atom stereocenters. The lowest BCUT2D eigenvalue weighted by molar-refractivity contribution is 0.379. The van der Waals surface area contributed by atoms with Crippen molar-refractivity contribution in [1.82, 2.24) is 10.3 Å². The van der Waals surface area contributed by atoms with Crippen LogP contribution < -0.4 is 5.32 Å². The van der Waals surface area contributed by atoms with Gasteiger partial charge in [0.2, 0.25) is 0 Å². The number of H-pyrrole nitrogens is 1. The van der Waals surface area contributed by atoms with Crippen LogP contribution in [0, 0.1) is 0 Å². The van der Waals surface area contributed by atoms with Gasteiger partial charge in [-0.2, -0.15) is 11.8 Å². The number of hydrogen-bond donors (Lipinski definition) is 2. The molecule has 1 heterocycles. The summed E-state index contributed by atoms with van der Waals surface area (Å²) in [6.45, 7) is 0.990. The molecule has 1 saturated carbocycles. The van der Waals surface area contributed by atoms with Gasteiger partial charge in [0.05, 0.1) is 0 Å². The van der Waals surface area contributed by atoms with E-state index in [0.29, 0.717) is 6.04 Å². The summed E-state index contributed by atoms with van der Waals surface area (Å²) in [6, 6.07) is 9.53. The largest absolute Gasteiger partial charge is 0.361 e. The first-order chi connectivity index (χ1) is 9.35. The van der Waals surface area contributed by atoms with Crippen LogP contribution in [-0.2, 0) is 6.54 Å². The lowest BCUT2D eigenvalue weighted by Gasteiger charge is -2.28. The van der Waals surface area contributed by atoms with Crippen molar-refractivity contribution in [2.24, 2.45) is 0 Å². The molecule has 2 aromatic rings. The predicted octanol–water partition coefficient (Wildman–Crippen LogP) is 3.93. The summed E-state index contributed by atoms with van der Waals surface area (Å²) in [4.78, 5) is 3.28. The van der Waals surface area contributed by atoms with Crippen LogP contribution >= 0.6 is 11.8 Å². The fraction of sp³-hybridized carbons (Fsp3) is 0.500.